The van der Waals surface area contributed by atoms with Gasteiger partial charge < -0.3 is 10.5 Å². The fourth-order valence-corrected chi connectivity index (χ4v) is 2.01. The van der Waals surface area contributed by atoms with E-state index in [9.17, 15) is 0 Å². The molecule has 1 aromatic carbocycles. The van der Waals surface area contributed by atoms with Gasteiger partial charge in [-0.3, -0.25) is 0 Å². The van der Waals surface area contributed by atoms with Crippen molar-refractivity contribution in [2.75, 3.05) is 6.61 Å². The lowest BCUT2D eigenvalue weighted by atomic mass is 10.0. The zero-order valence-corrected chi connectivity index (χ0v) is 11.8. The zero-order chi connectivity index (χ0) is 13.2. The number of unbranched alkanes of at least 4 members (excludes halogenated alkanes) is 1. The molecular formula is C16H27NO. The molecule has 2 nitrogen and oxygen atoms in total. The van der Waals surface area contributed by atoms with Gasteiger partial charge in [-0.15, -0.1) is 0 Å². The second kappa shape index (κ2) is 9.12. The number of hydrogen-bond donors (Lipinski definition) is 1. The first-order chi connectivity index (χ1) is 8.80. The Hall–Kier alpha value is -0.860. The van der Waals surface area contributed by atoms with Crippen molar-refractivity contribution in [2.24, 2.45) is 11.7 Å². The molecule has 2 N–H and O–H groups in total. The number of ether oxygens (including phenoxy) is 1. The Kier molecular flexibility index (Phi) is 7.70. The molecule has 1 rings (SSSR count). The van der Waals surface area contributed by atoms with Crippen molar-refractivity contribution >= 4 is 0 Å². The number of nitrogens with two attached hydrogens (primary N) is 1. The minimum absolute atomic E-state index is 0.607. The summed E-state index contributed by atoms with van der Waals surface area (Å²) in [6.07, 6.45) is 5.09. The summed E-state index contributed by atoms with van der Waals surface area (Å²) in [5, 5.41) is 0. The molecule has 0 aromatic heterocycles. The van der Waals surface area contributed by atoms with Crippen LogP contribution in [-0.2, 0) is 17.9 Å². The van der Waals surface area contributed by atoms with Crippen LogP contribution in [-0.4, -0.2) is 6.61 Å². The molecule has 1 atom stereocenters. The second-order valence-electron chi connectivity index (χ2n) is 4.95. The summed E-state index contributed by atoms with van der Waals surface area (Å²) in [6.45, 7) is 6.70. The fourth-order valence-electron chi connectivity index (χ4n) is 2.01. The molecule has 0 bridgehead atoms. The van der Waals surface area contributed by atoms with Crippen LogP contribution in [0.5, 0.6) is 0 Å². The van der Waals surface area contributed by atoms with Gasteiger partial charge in [0, 0.05) is 13.2 Å². The fraction of sp³-hybridized carbons (Fsp3) is 0.625. The molecule has 2 heteroatoms. The zero-order valence-electron chi connectivity index (χ0n) is 11.8. The predicted molar refractivity (Wildman–Crippen MR) is 77.3 cm³/mol. The first-order valence-corrected chi connectivity index (χ1v) is 7.15. The Balaban J connectivity index is 2.26. The molecule has 1 aromatic rings. The van der Waals surface area contributed by atoms with E-state index in [0.29, 0.717) is 19.1 Å². The molecule has 0 aliphatic heterocycles. The quantitative estimate of drug-likeness (QED) is 0.721. The van der Waals surface area contributed by atoms with Crippen LogP contribution in [0, 0.1) is 5.92 Å². The summed E-state index contributed by atoms with van der Waals surface area (Å²) in [5.41, 5.74) is 7.98. The van der Waals surface area contributed by atoms with Gasteiger partial charge in [0.15, 0.2) is 0 Å². The molecule has 0 spiro atoms. The molecule has 0 saturated heterocycles. The molecule has 0 radical (unpaired) electrons. The van der Waals surface area contributed by atoms with Crippen LogP contribution in [0.3, 0.4) is 0 Å². The van der Waals surface area contributed by atoms with Crippen molar-refractivity contribution in [1.29, 1.82) is 0 Å². The van der Waals surface area contributed by atoms with Crippen LogP contribution >= 0.6 is 0 Å². The molecular weight excluding hydrogens is 222 g/mol. The third kappa shape index (κ3) is 5.65. The van der Waals surface area contributed by atoms with E-state index in [-0.39, 0.29) is 0 Å². The van der Waals surface area contributed by atoms with Crippen LogP contribution < -0.4 is 5.73 Å². The summed E-state index contributed by atoms with van der Waals surface area (Å²) in [5.74, 6) is 0.716. The number of benzene rings is 1. The average Bonchev–Trinajstić information content (AvgIpc) is 2.43. The Morgan fingerprint density at radius 3 is 2.33 bits per heavy atom. The van der Waals surface area contributed by atoms with Crippen molar-refractivity contribution in [3.63, 3.8) is 0 Å². The van der Waals surface area contributed by atoms with Crippen LogP contribution in [0.15, 0.2) is 24.3 Å². The topological polar surface area (TPSA) is 35.2 Å². The maximum Gasteiger partial charge on any atom is 0.0717 e. The van der Waals surface area contributed by atoms with E-state index in [0.717, 1.165) is 6.61 Å². The van der Waals surface area contributed by atoms with Crippen LogP contribution in [0.4, 0.5) is 0 Å². The van der Waals surface area contributed by atoms with Crippen LogP contribution in [0.2, 0.25) is 0 Å². The van der Waals surface area contributed by atoms with Gasteiger partial charge in [0.25, 0.3) is 0 Å². The highest BCUT2D eigenvalue weighted by Crippen LogP contribution is 2.14. The maximum atomic E-state index is 5.81. The molecule has 0 amide bonds. The van der Waals surface area contributed by atoms with E-state index in [1.54, 1.807) is 0 Å². The van der Waals surface area contributed by atoms with Crippen molar-refractivity contribution in [2.45, 2.75) is 52.7 Å². The molecule has 0 fully saturated rings. The Bertz CT molecular complexity index is 307. The summed E-state index contributed by atoms with van der Waals surface area (Å²) in [4.78, 5) is 0. The van der Waals surface area contributed by atoms with Gasteiger partial charge in [-0.2, -0.15) is 0 Å². The second-order valence-corrected chi connectivity index (χ2v) is 4.95. The molecule has 0 heterocycles. The van der Waals surface area contributed by atoms with E-state index in [2.05, 4.69) is 38.1 Å². The van der Waals surface area contributed by atoms with E-state index >= 15 is 0 Å². The predicted octanol–water partition coefficient (Wildman–Crippen LogP) is 3.88. The molecule has 102 valence electrons. The summed E-state index contributed by atoms with van der Waals surface area (Å²) < 4.78 is 5.81. The lowest BCUT2D eigenvalue weighted by Gasteiger charge is -2.14. The van der Waals surface area contributed by atoms with Crippen molar-refractivity contribution < 1.29 is 4.74 Å². The Morgan fingerprint density at radius 1 is 1.11 bits per heavy atom. The highest BCUT2D eigenvalue weighted by Gasteiger charge is 2.05. The average molecular weight is 249 g/mol. The minimum Gasteiger partial charge on any atom is -0.376 e. The molecule has 18 heavy (non-hydrogen) atoms. The SMILES string of the molecule is CCCCC(CC)COCc1ccc(CN)cc1. The highest BCUT2D eigenvalue weighted by molar-refractivity contribution is 5.21. The number of hydrogen-bond acceptors (Lipinski definition) is 2. The minimum atomic E-state index is 0.607. The van der Waals surface area contributed by atoms with Crippen LogP contribution in [0.25, 0.3) is 0 Å². The smallest absolute Gasteiger partial charge is 0.0717 e. The van der Waals surface area contributed by atoms with Gasteiger partial charge in [-0.05, 0) is 23.5 Å². The number of rotatable bonds is 9. The van der Waals surface area contributed by atoms with Gasteiger partial charge in [-0.1, -0.05) is 57.4 Å². The van der Waals surface area contributed by atoms with Gasteiger partial charge in [0.05, 0.1) is 6.61 Å². The van der Waals surface area contributed by atoms with Gasteiger partial charge >= 0.3 is 0 Å². The third-order valence-electron chi connectivity index (χ3n) is 3.42. The standard InChI is InChI=1S/C16H27NO/c1-3-5-6-14(4-2)12-18-13-16-9-7-15(11-17)8-10-16/h7-10,14H,3-6,11-13,17H2,1-2H3. The molecule has 0 aliphatic carbocycles. The van der Waals surface area contributed by atoms with Gasteiger partial charge in [-0.25, -0.2) is 0 Å². The van der Waals surface area contributed by atoms with E-state index in [1.165, 1.54) is 36.8 Å². The molecule has 0 aliphatic rings. The summed E-state index contributed by atoms with van der Waals surface area (Å²) in [6, 6.07) is 8.37. The first kappa shape index (κ1) is 15.2. The maximum absolute atomic E-state index is 5.81. The largest absolute Gasteiger partial charge is 0.376 e. The molecule has 1 unspecified atom stereocenters. The Labute approximate surface area is 112 Å². The third-order valence-corrected chi connectivity index (χ3v) is 3.42. The van der Waals surface area contributed by atoms with Crippen molar-refractivity contribution in [1.82, 2.24) is 0 Å². The van der Waals surface area contributed by atoms with Gasteiger partial charge in [0.2, 0.25) is 0 Å². The highest BCUT2D eigenvalue weighted by atomic mass is 16.5. The first-order valence-electron chi connectivity index (χ1n) is 7.15. The normalized spacial score (nSPS) is 12.6. The van der Waals surface area contributed by atoms with E-state index in [4.69, 9.17) is 10.5 Å². The summed E-state index contributed by atoms with van der Waals surface area (Å²) in [7, 11) is 0. The molecule has 0 saturated carbocycles. The van der Waals surface area contributed by atoms with E-state index in [1.807, 2.05) is 0 Å². The lowest BCUT2D eigenvalue weighted by Crippen LogP contribution is -2.09. The lowest BCUT2D eigenvalue weighted by molar-refractivity contribution is 0.0820. The monoisotopic (exact) mass is 249 g/mol. The van der Waals surface area contributed by atoms with Crippen molar-refractivity contribution in [3.05, 3.63) is 35.4 Å². The van der Waals surface area contributed by atoms with Gasteiger partial charge in [0.1, 0.15) is 0 Å². The summed E-state index contributed by atoms with van der Waals surface area (Å²) >= 11 is 0. The van der Waals surface area contributed by atoms with E-state index < -0.39 is 0 Å². The van der Waals surface area contributed by atoms with Crippen LogP contribution in [0.1, 0.15) is 50.7 Å². The van der Waals surface area contributed by atoms with Crippen molar-refractivity contribution in [3.8, 4) is 0 Å². The Morgan fingerprint density at radius 2 is 1.78 bits per heavy atom.